The molecule has 5 heteroatoms. The van der Waals surface area contributed by atoms with E-state index in [1.807, 2.05) is 24.4 Å². The maximum atomic E-state index is 11.4. The Bertz CT molecular complexity index is 367. The van der Waals surface area contributed by atoms with E-state index in [0.717, 1.165) is 12.8 Å². The van der Waals surface area contributed by atoms with E-state index >= 15 is 0 Å². The zero-order valence-corrected chi connectivity index (χ0v) is 10.7. The molecule has 1 amide bonds. The lowest BCUT2D eigenvalue weighted by Crippen LogP contribution is -2.49. The zero-order chi connectivity index (χ0) is 12.3. The molecule has 4 nitrogen and oxygen atoms in total. The normalized spacial score (nSPS) is 25.9. The molecule has 2 heterocycles. The predicted octanol–water partition coefficient (Wildman–Crippen LogP) is 1.26. The van der Waals surface area contributed by atoms with E-state index in [2.05, 4.69) is 5.32 Å². The molecule has 0 saturated carbocycles. The van der Waals surface area contributed by atoms with Crippen LogP contribution in [0.2, 0.25) is 0 Å². The van der Waals surface area contributed by atoms with Gasteiger partial charge >= 0.3 is 0 Å². The zero-order valence-electron chi connectivity index (χ0n) is 9.89. The molecule has 3 atom stereocenters. The van der Waals surface area contributed by atoms with Gasteiger partial charge in [0.05, 0.1) is 12.2 Å². The summed E-state index contributed by atoms with van der Waals surface area (Å²) in [4.78, 5) is 12.6. The summed E-state index contributed by atoms with van der Waals surface area (Å²) in [5.74, 6) is -0.333. The van der Waals surface area contributed by atoms with E-state index in [1.54, 1.807) is 11.3 Å². The summed E-state index contributed by atoms with van der Waals surface area (Å²) in [7, 11) is 0. The highest BCUT2D eigenvalue weighted by atomic mass is 32.1. The van der Waals surface area contributed by atoms with Gasteiger partial charge in [-0.25, -0.2) is 0 Å². The molecule has 3 unspecified atom stereocenters. The minimum absolute atomic E-state index is 0.0811. The van der Waals surface area contributed by atoms with Crippen LogP contribution < -0.4 is 11.1 Å². The Labute approximate surface area is 105 Å². The number of carbonyl (C=O) groups is 1. The SMILES string of the molecule is CC1CCC(C(NCc2cccs2)C(N)=O)O1. The highest BCUT2D eigenvalue weighted by molar-refractivity contribution is 7.09. The molecule has 1 saturated heterocycles. The fraction of sp³-hybridized carbons (Fsp3) is 0.583. The average molecular weight is 254 g/mol. The van der Waals surface area contributed by atoms with Gasteiger partial charge in [0.1, 0.15) is 6.04 Å². The van der Waals surface area contributed by atoms with Crippen LogP contribution in [-0.4, -0.2) is 24.2 Å². The van der Waals surface area contributed by atoms with Crippen molar-refractivity contribution in [2.75, 3.05) is 0 Å². The van der Waals surface area contributed by atoms with Gasteiger partial charge in [-0.15, -0.1) is 11.3 Å². The average Bonchev–Trinajstić information content (AvgIpc) is 2.90. The van der Waals surface area contributed by atoms with E-state index in [-0.39, 0.29) is 24.2 Å². The Morgan fingerprint density at radius 1 is 1.71 bits per heavy atom. The maximum Gasteiger partial charge on any atom is 0.237 e. The largest absolute Gasteiger partial charge is 0.373 e. The first-order valence-electron chi connectivity index (χ1n) is 5.87. The molecular weight excluding hydrogens is 236 g/mol. The second kappa shape index (κ2) is 5.62. The molecule has 3 N–H and O–H groups in total. The van der Waals surface area contributed by atoms with E-state index in [9.17, 15) is 4.79 Å². The van der Waals surface area contributed by atoms with Crippen molar-refractivity contribution in [3.63, 3.8) is 0 Å². The second-order valence-corrected chi connectivity index (χ2v) is 5.44. The Kier molecular flexibility index (Phi) is 4.15. The lowest BCUT2D eigenvalue weighted by atomic mass is 10.1. The third-order valence-electron chi connectivity index (χ3n) is 3.02. The molecule has 1 aromatic rings. The lowest BCUT2D eigenvalue weighted by molar-refractivity contribution is -0.123. The number of amides is 1. The van der Waals surface area contributed by atoms with Gasteiger partial charge in [-0.2, -0.15) is 0 Å². The molecule has 0 aromatic carbocycles. The quantitative estimate of drug-likeness (QED) is 0.831. The van der Waals surface area contributed by atoms with Crippen molar-refractivity contribution in [3.05, 3.63) is 22.4 Å². The number of thiophene rings is 1. The molecule has 1 aliphatic rings. The first-order chi connectivity index (χ1) is 8.16. The summed E-state index contributed by atoms with van der Waals surface area (Å²) in [6, 6.07) is 3.64. The fourth-order valence-corrected chi connectivity index (χ4v) is 2.77. The fourth-order valence-electron chi connectivity index (χ4n) is 2.12. The van der Waals surface area contributed by atoms with Gasteiger partial charge in [0.15, 0.2) is 0 Å². The van der Waals surface area contributed by atoms with Crippen molar-refractivity contribution < 1.29 is 9.53 Å². The molecule has 94 valence electrons. The van der Waals surface area contributed by atoms with Crippen LogP contribution in [0.25, 0.3) is 0 Å². The number of hydrogen-bond donors (Lipinski definition) is 2. The summed E-state index contributed by atoms with van der Waals surface area (Å²) >= 11 is 1.66. The molecule has 0 bridgehead atoms. The van der Waals surface area contributed by atoms with Crippen LogP contribution in [0.4, 0.5) is 0 Å². The van der Waals surface area contributed by atoms with Crippen LogP contribution in [0, 0.1) is 0 Å². The molecule has 2 rings (SSSR count). The number of primary amides is 1. The highest BCUT2D eigenvalue weighted by Gasteiger charge is 2.32. The highest BCUT2D eigenvalue weighted by Crippen LogP contribution is 2.22. The summed E-state index contributed by atoms with van der Waals surface area (Å²) in [6.45, 7) is 2.69. The summed E-state index contributed by atoms with van der Waals surface area (Å²) in [5, 5.41) is 5.21. The van der Waals surface area contributed by atoms with Crippen LogP contribution in [-0.2, 0) is 16.1 Å². The first-order valence-corrected chi connectivity index (χ1v) is 6.75. The van der Waals surface area contributed by atoms with Crippen molar-refractivity contribution in [2.24, 2.45) is 5.73 Å². The van der Waals surface area contributed by atoms with E-state index in [1.165, 1.54) is 4.88 Å². The summed E-state index contributed by atoms with van der Waals surface area (Å²) < 4.78 is 5.69. The van der Waals surface area contributed by atoms with Gasteiger partial charge in [0, 0.05) is 11.4 Å². The number of rotatable bonds is 5. The molecule has 17 heavy (non-hydrogen) atoms. The standard InChI is InChI=1S/C12H18N2O2S/c1-8-4-5-10(16-8)11(12(13)15)14-7-9-3-2-6-17-9/h2-3,6,8,10-11,14H,4-5,7H2,1H3,(H2,13,15). The Hall–Kier alpha value is -0.910. The molecule has 1 aromatic heterocycles. The minimum atomic E-state index is -0.387. The van der Waals surface area contributed by atoms with Crippen molar-refractivity contribution in [1.29, 1.82) is 0 Å². The van der Waals surface area contributed by atoms with Gasteiger partial charge in [-0.05, 0) is 31.2 Å². The van der Waals surface area contributed by atoms with Crippen molar-refractivity contribution in [1.82, 2.24) is 5.32 Å². The van der Waals surface area contributed by atoms with Crippen molar-refractivity contribution in [3.8, 4) is 0 Å². The molecule has 0 aliphatic carbocycles. The number of carbonyl (C=O) groups excluding carboxylic acids is 1. The molecular formula is C12H18N2O2S. The van der Waals surface area contributed by atoms with Crippen LogP contribution >= 0.6 is 11.3 Å². The smallest absolute Gasteiger partial charge is 0.237 e. The summed E-state index contributed by atoms with van der Waals surface area (Å²) in [5.41, 5.74) is 5.42. The van der Waals surface area contributed by atoms with Crippen molar-refractivity contribution in [2.45, 2.75) is 44.6 Å². The molecule has 1 aliphatic heterocycles. The molecule has 0 radical (unpaired) electrons. The number of ether oxygens (including phenoxy) is 1. The van der Waals surface area contributed by atoms with E-state index in [4.69, 9.17) is 10.5 Å². The van der Waals surface area contributed by atoms with Crippen LogP contribution in [0.15, 0.2) is 17.5 Å². The number of hydrogen-bond acceptors (Lipinski definition) is 4. The summed E-state index contributed by atoms with van der Waals surface area (Å²) in [6.07, 6.45) is 2.04. The molecule has 0 spiro atoms. The van der Waals surface area contributed by atoms with Crippen LogP contribution in [0.3, 0.4) is 0 Å². The Morgan fingerprint density at radius 3 is 3.06 bits per heavy atom. The Balaban J connectivity index is 1.91. The van der Waals surface area contributed by atoms with Gasteiger partial charge in [-0.1, -0.05) is 6.07 Å². The third-order valence-corrected chi connectivity index (χ3v) is 3.90. The number of nitrogens with one attached hydrogen (secondary N) is 1. The van der Waals surface area contributed by atoms with Crippen molar-refractivity contribution >= 4 is 17.2 Å². The minimum Gasteiger partial charge on any atom is -0.373 e. The lowest BCUT2D eigenvalue weighted by Gasteiger charge is -2.21. The second-order valence-electron chi connectivity index (χ2n) is 4.40. The first kappa shape index (κ1) is 12.5. The van der Waals surface area contributed by atoms with E-state index < -0.39 is 0 Å². The topological polar surface area (TPSA) is 64.3 Å². The van der Waals surface area contributed by atoms with Crippen LogP contribution in [0.5, 0.6) is 0 Å². The number of nitrogens with two attached hydrogens (primary N) is 1. The van der Waals surface area contributed by atoms with Gasteiger partial charge in [-0.3, -0.25) is 10.1 Å². The third kappa shape index (κ3) is 3.28. The monoisotopic (exact) mass is 254 g/mol. The van der Waals surface area contributed by atoms with Gasteiger partial charge in [0.2, 0.25) is 5.91 Å². The van der Waals surface area contributed by atoms with Gasteiger partial charge < -0.3 is 10.5 Å². The Morgan fingerprint density at radius 2 is 2.53 bits per heavy atom. The van der Waals surface area contributed by atoms with Gasteiger partial charge in [0.25, 0.3) is 0 Å². The molecule has 1 fully saturated rings. The predicted molar refractivity (Wildman–Crippen MR) is 67.7 cm³/mol. The maximum absolute atomic E-state index is 11.4. The van der Waals surface area contributed by atoms with Crippen LogP contribution in [0.1, 0.15) is 24.6 Å². The van der Waals surface area contributed by atoms with E-state index in [0.29, 0.717) is 6.54 Å².